The lowest BCUT2D eigenvalue weighted by Crippen LogP contribution is -2.33. The average molecular weight is 365 g/mol. The van der Waals surface area contributed by atoms with Gasteiger partial charge < -0.3 is 11.1 Å². The number of nitrogens with zero attached hydrogens (tertiary/aromatic N) is 2. The number of hydrogen-bond acceptors (Lipinski definition) is 6. The predicted molar refractivity (Wildman–Crippen MR) is 93.4 cm³/mol. The molecule has 118 valence electrons. The van der Waals surface area contributed by atoms with Crippen LogP contribution in [0, 0.1) is 0 Å². The molecule has 0 aliphatic rings. The van der Waals surface area contributed by atoms with Crippen LogP contribution in [-0.2, 0) is 11.3 Å². The maximum absolute atomic E-state index is 12.1. The number of amides is 1. The van der Waals surface area contributed by atoms with E-state index in [0.29, 0.717) is 11.6 Å². The van der Waals surface area contributed by atoms with Crippen LogP contribution in [0.25, 0.3) is 10.4 Å². The summed E-state index contributed by atoms with van der Waals surface area (Å²) < 4.78 is 3.96. The molecule has 1 aromatic carbocycles. The Balaban J connectivity index is 1.69. The molecule has 23 heavy (non-hydrogen) atoms. The van der Waals surface area contributed by atoms with E-state index in [0.717, 1.165) is 21.0 Å². The van der Waals surface area contributed by atoms with Crippen molar-refractivity contribution in [2.45, 2.75) is 12.6 Å². The minimum absolute atomic E-state index is 0.246. The van der Waals surface area contributed by atoms with Crippen molar-refractivity contribution in [3.05, 3.63) is 57.6 Å². The molecule has 0 fully saturated rings. The van der Waals surface area contributed by atoms with Crippen LogP contribution >= 0.6 is 34.5 Å². The quantitative estimate of drug-likeness (QED) is 0.728. The molecular weight excluding hydrogens is 352 g/mol. The third-order valence-corrected chi connectivity index (χ3v) is 5.22. The maximum Gasteiger partial charge on any atom is 0.242 e. The largest absolute Gasteiger partial charge is 0.349 e. The summed E-state index contributed by atoms with van der Waals surface area (Å²) in [7, 11) is 0. The van der Waals surface area contributed by atoms with E-state index in [9.17, 15) is 4.79 Å². The highest BCUT2D eigenvalue weighted by atomic mass is 35.5. The van der Waals surface area contributed by atoms with Crippen molar-refractivity contribution < 1.29 is 4.79 Å². The predicted octanol–water partition coefficient (Wildman–Crippen LogP) is 3.24. The standard InChI is InChI=1S/C15H13ClN4OS2/c16-10-3-1-9(2-4-10)14-11(19-8-22-14)7-18-15(21)13(17)12-5-6-20-23-12/h1-6,8,13H,7,17H2,(H,18,21). The fourth-order valence-electron chi connectivity index (χ4n) is 2.03. The second kappa shape index (κ2) is 7.18. The smallest absolute Gasteiger partial charge is 0.242 e. The van der Waals surface area contributed by atoms with E-state index in [-0.39, 0.29) is 5.91 Å². The first kappa shape index (κ1) is 16.1. The topological polar surface area (TPSA) is 80.9 Å². The van der Waals surface area contributed by atoms with Crippen LogP contribution in [0.1, 0.15) is 16.6 Å². The van der Waals surface area contributed by atoms with Gasteiger partial charge in [-0.2, -0.15) is 0 Å². The number of benzene rings is 1. The Morgan fingerprint density at radius 1 is 1.30 bits per heavy atom. The molecule has 1 atom stereocenters. The molecule has 0 radical (unpaired) electrons. The zero-order valence-corrected chi connectivity index (χ0v) is 14.3. The van der Waals surface area contributed by atoms with Gasteiger partial charge >= 0.3 is 0 Å². The van der Waals surface area contributed by atoms with Crippen molar-refractivity contribution in [3.8, 4) is 10.4 Å². The molecule has 0 spiro atoms. The number of aromatic nitrogens is 2. The summed E-state index contributed by atoms with van der Waals surface area (Å²) in [4.78, 5) is 18.2. The van der Waals surface area contributed by atoms with Crippen molar-refractivity contribution in [1.29, 1.82) is 0 Å². The molecule has 3 aromatic rings. The molecule has 3 rings (SSSR count). The van der Waals surface area contributed by atoms with Crippen LogP contribution in [0.15, 0.2) is 42.0 Å². The fourth-order valence-corrected chi connectivity index (χ4v) is 3.56. The molecule has 2 heterocycles. The molecule has 8 heteroatoms. The summed E-state index contributed by atoms with van der Waals surface area (Å²) in [5.41, 5.74) is 9.50. The van der Waals surface area contributed by atoms with E-state index >= 15 is 0 Å². The second-order valence-electron chi connectivity index (χ2n) is 4.75. The number of carbonyl (C=O) groups excluding carboxylic acids is 1. The van der Waals surface area contributed by atoms with E-state index in [1.807, 2.05) is 24.3 Å². The van der Waals surface area contributed by atoms with Gasteiger partial charge in [-0.25, -0.2) is 9.36 Å². The van der Waals surface area contributed by atoms with Crippen LogP contribution < -0.4 is 11.1 Å². The Morgan fingerprint density at radius 3 is 2.78 bits per heavy atom. The zero-order chi connectivity index (χ0) is 16.2. The molecule has 2 aromatic heterocycles. The second-order valence-corrected chi connectivity index (χ2v) is 6.90. The number of nitrogens with one attached hydrogen (secondary N) is 1. The van der Waals surface area contributed by atoms with Gasteiger partial charge in [-0.05, 0) is 35.3 Å². The summed E-state index contributed by atoms with van der Waals surface area (Å²) in [5.74, 6) is -0.246. The van der Waals surface area contributed by atoms with Gasteiger partial charge in [0, 0.05) is 11.2 Å². The van der Waals surface area contributed by atoms with E-state index in [4.69, 9.17) is 17.3 Å². The lowest BCUT2D eigenvalue weighted by Gasteiger charge is -2.10. The Bertz CT molecular complexity index is 786. The van der Waals surface area contributed by atoms with Crippen LogP contribution in [0.5, 0.6) is 0 Å². The van der Waals surface area contributed by atoms with E-state index < -0.39 is 6.04 Å². The first-order chi connectivity index (χ1) is 11.1. The lowest BCUT2D eigenvalue weighted by atomic mass is 10.1. The average Bonchev–Trinajstić information content (AvgIpc) is 3.24. The van der Waals surface area contributed by atoms with Gasteiger partial charge in [0.2, 0.25) is 5.91 Å². The van der Waals surface area contributed by atoms with Crippen molar-refractivity contribution in [2.75, 3.05) is 0 Å². The van der Waals surface area contributed by atoms with E-state index in [1.165, 1.54) is 22.9 Å². The fraction of sp³-hybridized carbons (Fsp3) is 0.133. The van der Waals surface area contributed by atoms with Gasteiger partial charge in [0.15, 0.2) is 0 Å². The Labute approximate surface area is 146 Å². The Morgan fingerprint density at radius 2 is 2.09 bits per heavy atom. The first-order valence-corrected chi connectivity index (χ1v) is 8.80. The van der Waals surface area contributed by atoms with Crippen molar-refractivity contribution in [2.24, 2.45) is 5.73 Å². The number of rotatable bonds is 5. The monoisotopic (exact) mass is 364 g/mol. The molecule has 0 saturated heterocycles. The molecule has 0 saturated carbocycles. The first-order valence-electron chi connectivity index (χ1n) is 6.77. The summed E-state index contributed by atoms with van der Waals surface area (Å²) in [6, 6.07) is 8.57. The van der Waals surface area contributed by atoms with Gasteiger partial charge in [0.1, 0.15) is 6.04 Å². The van der Waals surface area contributed by atoms with Gasteiger partial charge in [0.25, 0.3) is 0 Å². The molecule has 1 amide bonds. The number of halogens is 1. The van der Waals surface area contributed by atoms with Crippen molar-refractivity contribution in [1.82, 2.24) is 14.7 Å². The molecule has 5 nitrogen and oxygen atoms in total. The van der Waals surface area contributed by atoms with Gasteiger partial charge in [0.05, 0.1) is 27.5 Å². The molecular formula is C15H13ClN4OS2. The number of nitrogens with two attached hydrogens (primary N) is 1. The molecule has 0 aliphatic heterocycles. The van der Waals surface area contributed by atoms with Crippen molar-refractivity contribution in [3.63, 3.8) is 0 Å². The Hall–Kier alpha value is -1.80. The highest BCUT2D eigenvalue weighted by molar-refractivity contribution is 7.13. The molecule has 3 N–H and O–H groups in total. The number of carbonyl (C=O) groups is 1. The summed E-state index contributed by atoms with van der Waals surface area (Å²) in [6.07, 6.45) is 1.63. The lowest BCUT2D eigenvalue weighted by molar-refractivity contribution is -0.122. The summed E-state index contributed by atoms with van der Waals surface area (Å²) >= 11 is 8.66. The van der Waals surface area contributed by atoms with Crippen LogP contribution in [0.2, 0.25) is 5.02 Å². The van der Waals surface area contributed by atoms with E-state index in [1.54, 1.807) is 17.8 Å². The van der Waals surface area contributed by atoms with Gasteiger partial charge in [-0.15, -0.1) is 11.3 Å². The minimum Gasteiger partial charge on any atom is -0.349 e. The molecule has 0 bridgehead atoms. The summed E-state index contributed by atoms with van der Waals surface area (Å²) in [6.45, 7) is 0.326. The van der Waals surface area contributed by atoms with Crippen molar-refractivity contribution >= 4 is 40.4 Å². The summed E-state index contributed by atoms with van der Waals surface area (Å²) in [5, 5.41) is 3.51. The maximum atomic E-state index is 12.1. The SMILES string of the molecule is NC(C(=O)NCc1ncsc1-c1ccc(Cl)cc1)c1ccns1. The Kier molecular flexibility index (Phi) is 5.02. The zero-order valence-electron chi connectivity index (χ0n) is 11.9. The number of thiazole rings is 1. The van der Waals surface area contributed by atoms with Gasteiger partial charge in [-0.3, -0.25) is 4.79 Å². The van der Waals surface area contributed by atoms with Gasteiger partial charge in [-0.1, -0.05) is 23.7 Å². The van der Waals surface area contributed by atoms with E-state index in [2.05, 4.69) is 14.7 Å². The highest BCUT2D eigenvalue weighted by Crippen LogP contribution is 2.28. The number of hydrogen-bond donors (Lipinski definition) is 2. The minimum atomic E-state index is -0.708. The third-order valence-electron chi connectivity index (χ3n) is 3.22. The van der Waals surface area contributed by atoms with Crippen LogP contribution in [-0.4, -0.2) is 15.3 Å². The van der Waals surface area contributed by atoms with Crippen LogP contribution in [0.4, 0.5) is 0 Å². The van der Waals surface area contributed by atoms with Crippen LogP contribution in [0.3, 0.4) is 0 Å². The normalized spacial score (nSPS) is 12.1. The third kappa shape index (κ3) is 3.76. The highest BCUT2D eigenvalue weighted by Gasteiger charge is 2.18. The molecule has 1 unspecified atom stereocenters. The molecule has 0 aliphatic carbocycles.